The van der Waals surface area contributed by atoms with E-state index in [9.17, 15) is 4.79 Å². The van der Waals surface area contributed by atoms with Crippen molar-refractivity contribution in [2.45, 2.75) is 32.1 Å². The molecule has 0 spiro atoms. The Hall–Kier alpha value is -2.07. The predicted molar refractivity (Wildman–Crippen MR) is 105 cm³/mol. The van der Waals surface area contributed by atoms with Crippen molar-refractivity contribution in [2.24, 2.45) is 4.99 Å². The summed E-state index contributed by atoms with van der Waals surface area (Å²) in [4.78, 5) is 18.6. The van der Waals surface area contributed by atoms with E-state index in [1.165, 1.54) is 31.8 Å². The molecule has 0 aliphatic carbocycles. The molecule has 1 N–H and O–H groups in total. The summed E-state index contributed by atoms with van der Waals surface area (Å²) in [6.07, 6.45) is 13.1. The van der Waals surface area contributed by atoms with Crippen LogP contribution in [0.25, 0.3) is 6.08 Å². The lowest BCUT2D eigenvalue weighted by Crippen LogP contribution is -2.28. The lowest BCUT2D eigenvalue weighted by molar-refractivity contribution is -0.115. The number of anilines is 1. The average Bonchev–Trinajstić information content (AvgIpc) is 2.91. The van der Waals surface area contributed by atoms with Crippen molar-refractivity contribution in [3.05, 3.63) is 47.0 Å². The van der Waals surface area contributed by atoms with Gasteiger partial charge in [0.1, 0.15) is 5.84 Å². The van der Waals surface area contributed by atoms with Gasteiger partial charge >= 0.3 is 0 Å². The molecule has 2 aliphatic heterocycles. The maximum Gasteiger partial charge on any atom is 0.249 e. The monoisotopic (exact) mass is 357 g/mol. The summed E-state index contributed by atoms with van der Waals surface area (Å²) in [7, 11) is 0. The van der Waals surface area contributed by atoms with Crippen LogP contribution in [0.1, 0.15) is 37.7 Å². The van der Waals surface area contributed by atoms with Crippen LogP contribution in [0.2, 0.25) is 5.02 Å². The minimum Gasteiger partial charge on any atom is -0.371 e. The van der Waals surface area contributed by atoms with Gasteiger partial charge in [0.15, 0.2) is 0 Å². The Kier molecular flexibility index (Phi) is 6.29. The highest BCUT2D eigenvalue weighted by molar-refractivity contribution is 6.32. The van der Waals surface area contributed by atoms with Crippen molar-refractivity contribution in [1.82, 2.24) is 5.32 Å². The number of carbonyl (C=O) groups is 1. The number of dihydropyridines is 1. The van der Waals surface area contributed by atoms with Crippen LogP contribution in [0.15, 0.2) is 41.4 Å². The first-order valence-corrected chi connectivity index (χ1v) is 9.35. The van der Waals surface area contributed by atoms with Gasteiger partial charge in [-0.1, -0.05) is 36.6 Å². The summed E-state index contributed by atoms with van der Waals surface area (Å²) in [5, 5.41) is 3.43. The molecule has 4 nitrogen and oxygen atoms in total. The van der Waals surface area contributed by atoms with E-state index in [0.29, 0.717) is 10.9 Å². The zero-order chi connectivity index (χ0) is 17.5. The first-order valence-electron chi connectivity index (χ1n) is 8.97. The predicted octanol–water partition coefficient (Wildman–Crippen LogP) is 4.21. The van der Waals surface area contributed by atoms with Gasteiger partial charge in [0.2, 0.25) is 5.91 Å². The van der Waals surface area contributed by atoms with E-state index in [4.69, 9.17) is 11.6 Å². The van der Waals surface area contributed by atoms with Crippen LogP contribution < -0.4 is 10.2 Å². The van der Waals surface area contributed by atoms with Gasteiger partial charge in [0.05, 0.1) is 0 Å². The van der Waals surface area contributed by atoms with Crippen LogP contribution in [0.5, 0.6) is 0 Å². The van der Waals surface area contributed by atoms with Gasteiger partial charge in [0.25, 0.3) is 0 Å². The van der Waals surface area contributed by atoms with Crippen molar-refractivity contribution in [2.75, 3.05) is 24.5 Å². The van der Waals surface area contributed by atoms with E-state index in [1.807, 2.05) is 24.3 Å². The molecule has 0 unspecified atom stereocenters. The molecular formula is C20H24ClN3O. The Bertz CT molecular complexity index is 701. The zero-order valence-corrected chi connectivity index (χ0v) is 15.1. The average molecular weight is 358 g/mol. The SMILES string of the molecule is O=C(/C=C/c1ccc(N2CCCCCC2)cc1Cl)NC1=NCCC=C1. The smallest absolute Gasteiger partial charge is 0.249 e. The highest BCUT2D eigenvalue weighted by Crippen LogP contribution is 2.26. The number of nitrogens with one attached hydrogen (secondary N) is 1. The van der Waals surface area contributed by atoms with Crippen LogP contribution in [0, 0.1) is 0 Å². The fourth-order valence-electron chi connectivity index (χ4n) is 3.10. The number of benzene rings is 1. The maximum atomic E-state index is 12.0. The van der Waals surface area contributed by atoms with Crippen molar-refractivity contribution in [1.29, 1.82) is 0 Å². The largest absolute Gasteiger partial charge is 0.371 e. The normalized spacial score (nSPS) is 18.1. The minimum absolute atomic E-state index is 0.196. The fourth-order valence-corrected chi connectivity index (χ4v) is 3.34. The minimum atomic E-state index is -0.196. The van der Waals surface area contributed by atoms with Crippen LogP contribution >= 0.6 is 11.6 Å². The lowest BCUT2D eigenvalue weighted by Gasteiger charge is -2.23. The van der Waals surface area contributed by atoms with Gasteiger partial charge in [-0.2, -0.15) is 0 Å². The molecular weight excluding hydrogens is 334 g/mol. The highest BCUT2D eigenvalue weighted by atomic mass is 35.5. The van der Waals surface area contributed by atoms with Gasteiger partial charge < -0.3 is 10.2 Å². The van der Waals surface area contributed by atoms with E-state index in [-0.39, 0.29) is 5.91 Å². The molecule has 25 heavy (non-hydrogen) atoms. The van der Waals surface area contributed by atoms with Gasteiger partial charge in [0, 0.05) is 36.4 Å². The topological polar surface area (TPSA) is 44.7 Å². The summed E-state index contributed by atoms with van der Waals surface area (Å²) in [5.41, 5.74) is 2.01. The Balaban J connectivity index is 1.63. The number of amides is 1. The molecule has 1 amide bonds. The lowest BCUT2D eigenvalue weighted by atomic mass is 10.1. The molecule has 0 radical (unpaired) electrons. The third-order valence-corrected chi connectivity index (χ3v) is 4.80. The first kappa shape index (κ1) is 17.7. The van der Waals surface area contributed by atoms with Crippen LogP contribution in [-0.2, 0) is 4.79 Å². The molecule has 132 valence electrons. The summed E-state index contributed by atoms with van der Waals surface area (Å²) in [5.74, 6) is 0.418. The number of halogens is 1. The fraction of sp³-hybridized carbons (Fsp3) is 0.400. The standard InChI is InChI=1S/C20H24ClN3O/c21-18-15-17(24-13-5-1-2-6-14-24)10-8-16(18)9-11-20(25)23-19-7-3-4-12-22-19/h3,7-11,15H,1-2,4-6,12-14H2,(H,22,23,25)/b11-9+. The molecule has 2 aliphatic rings. The summed E-state index contributed by atoms with van der Waals surface area (Å²) in [6.45, 7) is 2.90. The summed E-state index contributed by atoms with van der Waals surface area (Å²) in [6, 6.07) is 6.06. The molecule has 1 aromatic rings. The van der Waals surface area contributed by atoms with E-state index in [1.54, 1.807) is 6.08 Å². The number of hydrogen-bond acceptors (Lipinski definition) is 3. The Morgan fingerprint density at radius 1 is 1.20 bits per heavy atom. The first-order chi connectivity index (χ1) is 12.2. The number of aliphatic imine (C=N–C) groups is 1. The maximum absolute atomic E-state index is 12.0. The highest BCUT2D eigenvalue weighted by Gasteiger charge is 2.11. The molecule has 0 bridgehead atoms. The second kappa shape index (κ2) is 8.86. The van der Waals surface area contributed by atoms with E-state index >= 15 is 0 Å². The number of rotatable bonds is 3. The van der Waals surface area contributed by atoms with Gasteiger partial charge in [-0.3, -0.25) is 9.79 Å². The van der Waals surface area contributed by atoms with Crippen molar-refractivity contribution in [3.8, 4) is 0 Å². The van der Waals surface area contributed by atoms with Gasteiger partial charge in [-0.15, -0.1) is 0 Å². The van der Waals surface area contributed by atoms with Gasteiger partial charge in [-0.25, -0.2) is 0 Å². The second-order valence-electron chi connectivity index (χ2n) is 6.39. The van der Waals surface area contributed by atoms with Crippen LogP contribution in [-0.4, -0.2) is 31.4 Å². The number of hydrogen-bond donors (Lipinski definition) is 1. The van der Waals surface area contributed by atoms with Gasteiger partial charge in [-0.05, 0) is 49.1 Å². The molecule has 3 rings (SSSR count). The number of nitrogens with zero attached hydrogens (tertiary/aromatic N) is 2. The second-order valence-corrected chi connectivity index (χ2v) is 6.79. The molecule has 1 aromatic carbocycles. The van der Waals surface area contributed by atoms with E-state index in [0.717, 1.165) is 37.3 Å². The van der Waals surface area contributed by atoms with Crippen molar-refractivity contribution in [3.63, 3.8) is 0 Å². The number of carbonyl (C=O) groups excluding carboxylic acids is 1. The van der Waals surface area contributed by atoms with Crippen molar-refractivity contribution < 1.29 is 4.79 Å². The van der Waals surface area contributed by atoms with E-state index < -0.39 is 0 Å². The molecule has 1 saturated heterocycles. The third kappa shape index (κ3) is 5.20. The molecule has 1 fully saturated rings. The quantitative estimate of drug-likeness (QED) is 0.823. The third-order valence-electron chi connectivity index (χ3n) is 4.47. The Morgan fingerprint density at radius 3 is 2.68 bits per heavy atom. The molecule has 5 heteroatoms. The zero-order valence-electron chi connectivity index (χ0n) is 14.4. The number of amidine groups is 1. The Labute approximate surface area is 154 Å². The molecule has 0 atom stereocenters. The summed E-state index contributed by atoms with van der Waals surface area (Å²) < 4.78 is 0. The summed E-state index contributed by atoms with van der Waals surface area (Å²) >= 11 is 6.42. The molecule has 0 saturated carbocycles. The van der Waals surface area contributed by atoms with Crippen LogP contribution in [0.4, 0.5) is 5.69 Å². The molecule has 2 heterocycles. The van der Waals surface area contributed by atoms with Crippen LogP contribution in [0.3, 0.4) is 0 Å². The Morgan fingerprint density at radius 2 is 2.00 bits per heavy atom. The van der Waals surface area contributed by atoms with E-state index in [2.05, 4.69) is 21.3 Å². The van der Waals surface area contributed by atoms with Crippen molar-refractivity contribution >= 4 is 35.1 Å². The molecule has 0 aromatic heterocycles.